The van der Waals surface area contributed by atoms with Crippen molar-refractivity contribution in [1.82, 2.24) is 0 Å². The number of hydrogen-bond donors (Lipinski definition) is 2. The fourth-order valence-electron chi connectivity index (χ4n) is 2.27. The third kappa shape index (κ3) is 4.70. The summed E-state index contributed by atoms with van der Waals surface area (Å²) < 4.78 is 5.26. The molecule has 0 saturated carbocycles. The predicted octanol–water partition coefficient (Wildman–Crippen LogP) is 2.89. The Balaban J connectivity index is 1.83. The van der Waals surface area contributed by atoms with Gasteiger partial charge in [0.05, 0.1) is 6.61 Å². The normalized spacial score (nSPS) is 14.6. The van der Waals surface area contributed by atoms with Gasteiger partial charge in [-0.25, -0.2) is 0 Å². The second-order valence-corrected chi connectivity index (χ2v) is 4.93. The highest BCUT2D eigenvalue weighted by Crippen LogP contribution is 2.21. The maximum Gasteiger partial charge on any atom is 0.228 e. The molecule has 2 N–H and O–H groups in total. The molecule has 0 spiro atoms. The number of aliphatic hydroxyl groups is 1. The summed E-state index contributed by atoms with van der Waals surface area (Å²) in [6, 6.07) is 7.18. The number of carbonyl (C=O) groups is 1. The minimum atomic E-state index is -0.00635. The topological polar surface area (TPSA) is 58.6 Å². The smallest absolute Gasteiger partial charge is 0.228 e. The van der Waals surface area contributed by atoms with E-state index in [1.165, 1.54) is 18.4 Å². The lowest BCUT2D eigenvalue weighted by molar-refractivity contribution is -0.115. The Kier molecular flexibility index (Phi) is 5.62. The van der Waals surface area contributed by atoms with Crippen LogP contribution < -0.4 is 10.1 Å². The third-order valence-corrected chi connectivity index (χ3v) is 3.27. The number of anilines is 1. The number of ether oxygens (including phenoxy) is 1. The second-order valence-electron chi connectivity index (χ2n) is 4.93. The molecule has 1 aromatic carbocycles. The Morgan fingerprint density at radius 2 is 2.05 bits per heavy atom. The number of benzene rings is 1. The molecule has 0 saturated heterocycles. The van der Waals surface area contributed by atoms with Crippen LogP contribution in [0.25, 0.3) is 0 Å². The van der Waals surface area contributed by atoms with Crippen molar-refractivity contribution in [3.63, 3.8) is 0 Å². The Morgan fingerprint density at radius 1 is 1.25 bits per heavy atom. The van der Waals surface area contributed by atoms with Crippen LogP contribution in [-0.2, 0) is 4.79 Å². The molecule has 0 bridgehead atoms. The van der Waals surface area contributed by atoms with E-state index >= 15 is 0 Å². The SMILES string of the molecule is O=C(CC1=CCCCC1)Nc1ccc(OCCO)cc1. The first-order chi connectivity index (χ1) is 9.78. The van der Waals surface area contributed by atoms with Crippen molar-refractivity contribution < 1.29 is 14.6 Å². The molecule has 1 aliphatic rings. The van der Waals surface area contributed by atoms with E-state index in [2.05, 4.69) is 11.4 Å². The van der Waals surface area contributed by atoms with Crippen LogP contribution in [-0.4, -0.2) is 24.2 Å². The molecule has 0 radical (unpaired) electrons. The molecule has 0 fully saturated rings. The summed E-state index contributed by atoms with van der Waals surface area (Å²) in [6.07, 6.45) is 7.25. The molecule has 1 aromatic rings. The maximum absolute atomic E-state index is 11.9. The lowest BCUT2D eigenvalue weighted by Gasteiger charge is -2.12. The molecule has 20 heavy (non-hydrogen) atoms. The summed E-state index contributed by atoms with van der Waals surface area (Å²) in [5, 5.41) is 11.6. The molecule has 1 amide bonds. The number of nitrogens with one attached hydrogen (secondary N) is 1. The average Bonchev–Trinajstić information content (AvgIpc) is 2.47. The van der Waals surface area contributed by atoms with Crippen molar-refractivity contribution in [2.45, 2.75) is 32.1 Å². The zero-order valence-electron chi connectivity index (χ0n) is 11.6. The minimum Gasteiger partial charge on any atom is -0.491 e. The first-order valence-electron chi connectivity index (χ1n) is 7.09. The van der Waals surface area contributed by atoms with Gasteiger partial charge in [0.2, 0.25) is 5.91 Å². The number of carbonyl (C=O) groups excluding carboxylic acids is 1. The van der Waals surface area contributed by atoms with Gasteiger partial charge < -0.3 is 15.2 Å². The largest absolute Gasteiger partial charge is 0.491 e. The van der Waals surface area contributed by atoms with Crippen molar-refractivity contribution in [2.75, 3.05) is 18.5 Å². The number of hydrogen-bond acceptors (Lipinski definition) is 3. The minimum absolute atomic E-state index is 0.00635. The van der Waals surface area contributed by atoms with Gasteiger partial charge in [0.1, 0.15) is 12.4 Å². The zero-order valence-corrected chi connectivity index (χ0v) is 11.6. The molecular formula is C16H21NO3. The van der Waals surface area contributed by atoms with Crippen LogP contribution in [0.2, 0.25) is 0 Å². The quantitative estimate of drug-likeness (QED) is 0.785. The molecule has 4 heteroatoms. The first kappa shape index (κ1) is 14.6. The van der Waals surface area contributed by atoms with Crippen LogP contribution in [0.1, 0.15) is 32.1 Å². The van der Waals surface area contributed by atoms with E-state index in [0.29, 0.717) is 12.2 Å². The van der Waals surface area contributed by atoms with Gasteiger partial charge in [-0.1, -0.05) is 11.6 Å². The van der Waals surface area contributed by atoms with Gasteiger partial charge in [0.15, 0.2) is 0 Å². The van der Waals surface area contributed by atoms with Crippen LogP contribution in [0, 0.1) is 0 Å². The molecule has 0 aliphatic heterocycles. The maximum atomic E-state index is 11.9. The Hall–Kier alpha value is -1.81. The Labute approximate surface area is 119 Å². The molecule has 2 rings (SSSR count). The van der Waals surface area contributed by atoms with Gasteiger partial charge in [-0.3, -0.25) is 4.79 Å². The highest BCUT2D eigenvalue weighted by molar-refractivity contribution is 5.92. The summed E-state index contributed by atoms with van der Waals surface area (Å²) >= 11 is 0. The van der Waals surface area contributed by atoms with Gasteiger partial charge >= 0.3 is 0 Å². The van der Waals surface area contributed by atoms with E-state index in [0.717, 1.165) is 18.5 Å². The van der Waals surface area contributed by atoms with Crippen LogP contribution in [0.3, 0.4) is 0 Å². The van der Waals surface area contributed by atoms with Gasteiger partial charge in [0, 0.05) is 12.1 Å². The Morgan fingerprint density at radius 3 is 2.70 bits per heavy atom. The summed E-state index contributed by atoms with van der Waals surface area (Å²) in [5.74, 6) is 0.717. The van der Waals surface area contributed by atoms with Crippen LogP contribution in [0.4, 0.5) is 5.69 Å². The molecule has 0 atom stereocenters. The number of aliphatic hydroxyl groups excluding tert-OH is 1. The Bertz CT molecular complexity index is 465. The van der Waals surface area contributed by atoms with Crippen LogP contribution in [0.5, 0.6) is 5.75 Å². The molecular weight excluding hydrogens is 254 g/mol. The second kappa shape index (κ2) is 7.70. The van der Waals surface area contributed by atoms with Gasteiger partial charge in [-0.2, -0.15) is 0 Å². The first-order valence-corrected chi connectivity index (χ1v) is 7.09. The van der Waals surface area contributed by atoms with E-state index in [1.807, 2.05) is 0 Å². The van der Waals surface area contributed by atoms with Gasteiger partial charge in [-0.05, 0) is 49.9 Å². The van der Waals surface area contributed by atoms with Crippen molar-refractivity contribution >= 4 is 11.6 Å². The number of amides is 1. The number of rotatable bonds is 6. The molecule has 0 unspecified atom stereocenters. The van der Waals surface area contributed by atoms with Crippen LogP contribution in [0.15, 0.2) is 35.9 Å². The molecule has 0 aromatic heterocycles. The summed E-state index contributed by atoms with van der Waals surface area (Å²) in [7, 11) is 0. The fraction of sp³-hybridized carbons (Fsp3) is 0.438. The summed E-state index contributed by atoms with van der Waals surface area (Å²) in [5.41, 5.74) is 2.01. The predicted molar refractivity (Wildman–Crippen MR) is 78.8 cm³/mol. The van der Waals surface area contributed by atoms with Gasteiger partial charge in [-0.15, -0.1) is 0 Å². The monoisotopic (exact) mass is 275 g/mol. The zero-order chi connectivity index (χ0) is 14.2. The highest BCUT2D eigenvalue weighted by Gasteiger charge is 2.09. The van der Waals surface area contributed by atoms with Crippen molar-refractivity contribution in [3.8, 4) is 5.75 Å². The lowest BCUT2D eigenvalue weighted by atomic mass is 9.97. The average molecular weight is 275 g/mol. The molecule has 1 aliphatic carbocycles. The van der Waals surface area contributed by atoms with E-state index in [9.17, 15) is 4.79 Å². The van der Waals surface area contributed by atoms with E-state index < -0.39 is 0 Å². The van der Waals surface area contributed by atoms with Crippen LogP contribution >= 0.6 is 0 Å². The summed E-state index contributed by atoms with van der Waals surface area (Å²) in [6.45, 7) is 0.271. The standard InChI is InChI=1S/C16H21NO3/c18-10-11-20-15-8-6-14(7-9-15)17-16(19)12-13-4-2-1-3-5-13/h4,6-9,18H,1-3,5,10-12H2,(H,17,19). The molecule has 4 nitrogen and oxygen atoms in total. The number of allylic oxidation sites excluding steroid dienone is 1. The summed E-state index contributed by atoms with van der Waals surface area (Å²) in [4.78, 5) is 11.9. The highest BCUT2D eigenvalue weighted by atomic mass is 16.5. The molecule has 0 heterocycles. The van der Waals surface area contributed by atoms with Crippen molar-refractivity contribution in [3.05, 3.63) is 35.9 Å². The molecule has 108 valence electrons. The van der Waals surface area contributed by atoms with E-state index in [1.54, 1.807) is 24.3 Å². The fourth-order valence-corrected chi connectivity index (χ4v) is 2.27. The van der Waals surface area contributed by atoms with Gasteiger partial charge in [0.25, 0.3) is 0 Å². The third-order valence-electron chi connectivity index (χ3n) is 3.27. The van der Waals surface area contributed by atoms with Crippen molar-refractivity contribution in [2.24, 2.45) is 0 Å². The van der Waals surface area contributed by atoms with E-state index in [-0.39, 0.29) is 19.1 Å². The van der Waals surface area contributed by atoms with Crippen molar-refractivity contribution in [1.29, 1.82) is 0 Å². The lowest BCUT2D eigenvalue weighted by Crippen LogP contribution is -2.13. The van der Waals surface area contributed by atoms with E-state index in [4.69, 9.17) is 9.84 Å².